The normalized spacial score (nSPS) is 19.7. The second kappa shape index (κ2) is 6.58. The van der Waals surface area contributed by atoms with Crippen molar-refractivity contribution < 1.29 is 22.3 Å². The highest BCUT2D eigenvalue weighted by molar-refractivity contribution is 7.89. The van der Waals surface area contributed by atoms with Crippen LogP contribution in [0.4, 0.5) is 4.39 Å². The summed E-state index contributed by atoms with van der Waals surface area (Å²) < 4.78 is 44.6. The number of carbonyl (C=O) groups is 1. The summed E-state index contributed by atoms with van der Waals surface area (Å²) in [6.07, 6.45) is 1.56. The lowest BCUT2D eigenvalue weighted by Gasteiger charge is -2.37. The minimum absolute atomic E-state index is 0.0392. The number of aromatic nitrogens is 1. The van der Waals surface area contributed by atoms with E-state index in [1.54, 1.807) is 11.1 Å². The number of hydrogen-bond acceptors (Lipinski definition) is 5. The minimum Gasteiger partial charge on any atom is -0.463 e. The third-order valence-corrected chi connectivity index (χ3v) is 6.79. The molecule has 27 heavy (non-hydrogen) atoms. The van der Waals surface area contributed by atoms with Gasteiger partial charge in [0, 0.05) is 37.6 Å². The van der Waals surface area contributed by atoms with E-state index >= 15 is 0 Å². The molecular weight excluding hydrogens is 373 g/mol. The first-order valence-corrected chi connectivity index (χ1v) is 9.92. The van der Waals surface area contributed by atoms with Gasteiger partial charge in [-0.15, -0.1) is 0 Å². The largest absolute Gasteiger partial charge is 0.463 e. The highest BCUT2D eigenvalue weighted by Crippen LogP contribution is 2.37. The second-order valence-electron chi connectivity index (χ2n) is 6.52. The molecule has 0 radical (unpaired) electrons. The van der Waals surface area contributed by atoms with Gasteiger partial charge in [-0.2, -0.15) is 4.31 Å². The lowest BCUT2D eigenvalue weighted by atomic mass is 10.1. The average molecular weight is 391 g/mol. The molecule has 0 N–H and O–H groups in total. The van der Waals surface area contributed by atoms with E-state index in [2.05, 4.69) is 4.98 Å². The number of hydrogen-bond donors (Lipinski definition) is 0. The number of carbonyl (C=O) groups excluding carboxylic acids is 1. The maximum atomic E-state index is 13.1. The molecule has 3 heterocycles. The molecule has 142 valence electrons. The fourth-order valence-electron chi connectivity index (χ4n) is 3.61. The van der Waals surface area contributed by atoms with E-state index in [0.717, 1.165) is 11.3 Å². The van der Waals surface area contributed by atoms with Gasteiger partial charge < -0.3 is 9.64 Å². The van der Waals surface area contributed by atoms with Gasteiger partial charge in [-0.1, -0.05) is 6.07 Å². The average Bonchev–Trinajstić information content (AvgIpc) is 2.94. The van der Waals surface area contributed by atoms with Crippen molar-refractivity contribution in [1.29, 1.82) is 0 Å². The summed E-state index contributed by atoms with van der Waals surface area (Å²) in [6, 6.07) is 7.28. The number of fused-ring (bicyclic) bond motifs is 3. The van der Waals surface area contributed by atoms with E-state index in [-0.39, 0.29) is 35.7 Å². The molecule has 1 atom stereocenters. The molecule has 1 unspecified atom stereocenters. The van der Waals surface area contributed by atoms with E-state index in [9.17, 15) is 17.6 Å². The topological polar surface area (TPSA) is 79.8 Å². The monoisotopic (exact) mass is 391 g/mol. The Hall–Kier alpha value is -2.52. The number of piperazine rings is 1. The molecule has 0 saturated carbocycles. The summed E-state index contributed by atoms with van der Waals surface area (Å²) in [7, 11) is -3.79. The molecule has 9 heteroatoms. The maximum absolute atomic E-state index is 13.1. The van der Waals surface area contributed by atoms with Crippen molar-refractivity contribution in [3.05, 3.63) is 53.3 Å². The predicted molar refractivity (Wildman–Crippen MR) is 94.6 cm³/mol. The van der Waals surface area contributed by atoms with Crippen LogP contribution in [0.5, 0.6) is 5.75 Å². The molecule has 7 nitrogen and oxygen atoms in total. The third kappa shape index (κ3) is 2.96. The first-order chi connectivity index (χ1) is 12.9. The van der Waals surface area contributed by atoms with Crippen LogP contribution in [0.3, 0.4) is 0 Å². The molecule has 0 aliphatic carbocycles. The van der Waals surface area contributed by atoms with Gasteiger partial charge in [0.25, 0.3) is 5.91 Å². The van der Waals surface area contributed by atoms with Gasteiger partial charge in [-0.3, -0.25) is 9.78 Å². The second-order valence-corrected chi connectivity index (χ2v) is 8.46. The van der Waals surface area contributed by atoms with Crippen molar-refractivity contribution in [2.75, 3.05) is 26.5 Å². The molecule has 1 aromatic carbocycles. The molecule has 2 aliphatic rings. The number of aryl methyl sites for hydroxylation is 1. The molecule has 1 fully saturated rings. The quantitative estimate of drug-likeness (QED) is 0.795. The molecule has 1 saturated heterocycles. The zero-order valence-electron chi connectivity index (χ0n) is 14.6. The Kier molecular flexibility index (Phi) is 4.35. The first-order valence-electron chi connectivity index (χ1n) is 8.48. The molecule has 0 spiro atoms. The van der Waals surface area contributed by atoms with Crippen molar-refractivity contribution >= 4 is 15.9 Å². The zero-order chi connectivity index (χ0) is 19.2. The summed E-state index contributed by atoms with van der Waals surface area (Å²) in [5.74, 6) is 0.0400. The van der Waals surface area contributed by atoms with Crippen molar-refractivity contribution in [2.45, 2.75) is 17.9 Å². The summed E-state index contributed by atoms with van der Waals surface area (Å²) in [4.78, 5) is 18.5. The maximum Gasteiger partial charge on any atom is 0.256 e. The van der Waals surface area contributed by atoms with Crippen molar-refractivity contribution in [3.63, 3.8) is 0 Å². The van der Waals surface area contributed by atoms with Gasteiger partial charge in [-0.25, -0.2) is 12.8 Å². The van der Waals surface area contributed by atoms with Crippen LogP contribution in [0.2, 0.25) is 0 Å². The number of nitrogens with zero attached hydrogens (tertiary/aromatic N) is 3. The zero-order valence-corrected chi connectivity index (χ0v) is 15.4. The Morgan fingerprint density at radius 3 is 2.89 bits per heavy atom. The Bertz CT molecular complexity index is 1010. The molecule has 4 rings (SSSR count). The van der Waals surface area contributed by atoms with Crippen LogP contribution in [0, 0.1) is 6.92 Å². The van der Waals surface area contributed by atoms with Gasteiger partial charge in [0.15, 0.2) is 0 Å². The van der Waals surface area contributed by atoms with Gasteiger partial charge in [-0.05, 0) is 30.7 Å². The van der Waals surface area contributed by atoms with Gasteiger partial charge in [0.1, 0.15) is 5.75 Å². The fourth-order valence-corrected chi connectivity index (χ4v) is 5.09. The van der Waals surface area contributed by atoms with E-state index in [1.807, 2.05) is 13.0 Å². The van der Waals surface area contributed by atoms with E-state index in [4.69, 9.17) is 4.74 Å². The van der Waals surface area contributed by atoms with Crippen LogP contribution < -0.4 is 4.74 Å². The molecule has 2 aliphatic heterocycles. The fraction of sp³-hybridized carbons (Fsp3) is 0.333. The number of rotatable bonds is 4. The van der Waals surface area contributed by atoms with Crippen molar-refractivity contribution in [1.82, 2.24) is 14.2 Å². The number of pyridine rings is 1. The minimum atomic E-state index is -3.79. The first kappa shape index (κ1) is 17.9. The summed E-state index contributed by atoms with van der Waals surface area (Å²) in [6.45, 7) is 1.46. The highest BCUT2D eigenvalue weighted by atomic mass is 32.2. The van der Waals surface area contributed by atoms with Gasteiger partial charge in [0.05, 0.1) is 16.5 Å². The number of ether oxygens (including phenoxy) is 1. The lowest BCUT2D eigenvalue weighted by Crippen LogP contribution is -2.49. The standard InChI is InChI=1S/C18H18FN3O4S/c1-12-7-15-16(9-20-12)18(23)22-6-5-21(10-17(15)22)27(24,25)14-4-2-3-13(8-14)26-11-19/h2-4,7-9,17H,5-6,10-11H2,1H3. The van der Waals surface area contributed by atoms with Crippen LogP contribution >= 0.6 is 0 Å². The van der Waals surface area contributed by atoms with Crippen LogP contribution in [0.15, 0.2) is 41.4 Å². The number of benzene rings is 1. The Morgan fingerprint density at radius 2 is 2.11 bits per heavy atom. The Labute approximate surface area is 156 Å². The Balaban J connectivity index is 1.65. The molecule has 1 amide bonds. The highest BCUT2D eigenvalue weighted by Gasteiger charge is 2.43. The van der Waals surface area contributed by atoms with Crippen LogP contribution in [0.25, 0.3) is 0 Å². The predicted octanol–water partition coefficient (Wildman–Crippen LogP) is 1.90. The van der Waals surface area contributed by atoms with E-state index < -0.39 is 16.9 Å². The van der Waals surface area contributed by atoms with Gasteiger partial charge >= 0.3 is 0 Å². The van der Waals surface area contributed by atoms with E-state index in [1.165, 1.54) is 28.6 Å². The Morgan fingerprint density at radius 1 is 1.30 bits per heavy atom. The van der Waals surface area contributed by atoms with Crippen molar-refractivity contribution in [2.24, 2.45) is 0 Å². The summed E-state index contributed by atoms with van der Waals surface area (Å²) in [5.41, 5.74) is 2.12. The van der Waals surface area contributed by atoms with Crippen LogP contribution in [-0.4, -0.2) is 55.0 Å². The summed E-state index contributed by atoms with van der Waals surface area (Å²) >= 11 is 0. The van der Waals surface area contributed by atoms with Crippen LogP contribution in [-0.2, 0) is 10.0 Å². The molecular formula is C18H18FN3O4S. The SMILES string of the molecule is Cc1cc2c(cn1)C(=O)N1CCN(S(=O)(=O)c3cccc(OCF)c3)CC21. The number of halogens is 1. The third-order valence-electron chi connectivity index (χ3n) is 4.93. The number of sulfonamides is 1. The van der Waals surface area contributed by atoms with Crippen LogP contribution in [0.1, 0.15) is 27.7 Å². The molecule has 1 aromatic heterocycles. The molecule has 0 bridgehead atoms. The van der Waals surface area contributed by atoms with Crippen molar-refractivity contribution in [3.8, 4) is 5.75 Å². The molecule has 2 aromatic rings. The van der Waals surface area contributed by atoms with Gasteiger partial charge in [0.2, 0.25) is 16.9 Å². The van der Waals surface area contributed by atoms with E-state index in [0.29, 0.717) is 12.1 Å². The number of amides is 1. The summed E-state index contributed by atoms with van der Waals surface area (Å²) in [5, 5.41) is 0. The lowest BCUT2D eigenvalue weighted by molar-refractivity contribution is 0.0628. The smallest absolute Gasteiger partial charge is 0.256 e. The number of alkyl halides is 1.